The highest BCUT2D eigenvalue weighted by Gasteiger charge is 2.22. The van der Waals surface area contributed by atoms with E-state index in [0.717, 1.165) is 39.2 Å². The summed E-state index contributed by atoms with van der Waals surface area (Å²) in [6, 6.07) is 21.7. The van der Waals surface area contributed by atoms with Gasteiger partial charge in [0.2, 0.25) is 0 Å². The van der Waals surface area contributed by atoms with Crippen LogP contribution >= 0.6 is 0 Å². The van der Waals surface area contributed by atoms with E-state index in [-0.39, 0.29) is 17.7 Å². The second-order valence-electron chi connectivity index (χ2n) is 7.87. The predicted octanol–water partition coefficient (Wildman–Crippen LogP) is 7.08. The third kappa shape index (κ3) is 3.11. The molecule has 4 rings (SSSR count). The van der Waals surface area contributed by atoms with Gasteiger partial charge in [-0.05, 0) is 47.2 Å². The average Bonchev–Trinajstić information content (AvgIpc) is 3.07. The van der Waals surface area contributed by atoms with E-state index in [1.807, 2.05) is 36.4 Å². The highest BCUT2D eigenvalue weighted by molar-refractivity contribution is 5.84. The van der Waals surface area contributed by atoms with Crippen molar-refractivity contribution >= 4 is 11.0 Å². The van der Waals surface area contributed by atoms with Crippen LogP contribution in [0.2, 0.25) is 0 Å². The maximum Gasteiger partial charge on any atom is 0.145 e. The zero-order valence-electron chi connectivity index (χ0n) is 16.8. The Bertz CT molecular complexity index is 1090. The van der Waals surface area contributed by atoms with Gasteiger partial charge in [-0.15, -0.1) is 0 Å². The molecule has 3 heteroatoms. The molecule has 4 aromatic rings. The predicted molar refractivity (Wildman–Crippen MR) is 115 cm³/mol. The number of rotatable bonds is 4. The van der Waals surface area contributed by atoms with E-state index in [1.165, 1.54) is 0 Å². The standard InChI is InChI=1S/C25H25FN2/c1-16(2)20-14-19(26)15-21(17(3)4)24(20)28-23-13-9-8-12-22(23)27-25(28)18-10-6-5-7-11-18/h5-17H,1-4H3. The lowest BCUT2D eigenvalue weighted by atomic mass is 9.92. The minimum absolute atomic E-state index is 0.179. The lowest BCUT2D eigenvalue weighted by Gasteiger charge is -2.23. The third-order valence-corrected chi connectivity index (χ3v) is 5.19. The second-order valence-corrected chi connectivity index (χ2v) is 7.87. The van der Waals surface area contributed by atoms with Crippen LogP contribution in [-0.2, 0) is 0 Å². The fourth-order valence-electron chi connectivity index (χ4n) is 3.81. The van der Waals surface area contributed by atoms with Crippen LogP contribution in [0, 0.1) is 5.82 Å². The van der Waals surface area contributed by atoms with E-state index in [9.17, 15) is 4.39 Å². The number of imidazole rings is 1. The number of benzene rings is 3. The normalized spacial score (nSPS) is 11.7. The molecule has 0 fully saturated rings. The number of para-hydroxylation sites is 2. The first-order chi connectivity index (χ1) is 13.5. The largest absolute Gasteiger partial charge is 0.292 e. The Hall–Kier alpha value is -2.94. The minimum Gasteiger partial charge on any atom is -0.292 e. The molecule has 3 aromatic carbocycles. The van der Waals surface area contributed by atoms with Crippen LogP contribution < -0.4 is 0 Å². The van der Waals surface area contributed by atoms with Crippen molar-refractivity contribution in [3.63, 3.8) is 0 Å². The van der Waals surface area contributed by atoms with Gasteiger partial charge in [0.25, 0.3) is 0 Å². The van der Waals surface area contributed by atoms with Gasteiger partial charge in [-0.3, -0.25) is 4.57 Å². The maximum absolute atomic E-state index is 14.5. The first kappa shape index (κ1) is 18.4. The summed E-state index contributed by atoms with van der Waals surface area (Å²) in [6.45, 7) is 8.46. The van der Waals surface area contributed by atoms with Crippen LogP contribution in [0.25, 0.3) is 28.1 Å². The topological polar surface area (TPSA) is 17.8 Å². The molecule has 0 aliphatic rings. The van der Waals surface area contributed by atoms with Crippen molar-refractivity contribution in [3.05, 3.63) is 83.7 Å². The lowest BCUT2D eigenvalue weighted by Crippen LogP contribution is -2.09. The summed E-state index contributed by atoms with van der Waals surface area (Å²) in [5.74, 6) is 1.08. The molecule has 0 aliphatic heterocycles. The summed E-state index contributed by atoms with van der Waals surface area (Å²) in [6.07, 6.45) is 0. The molecule has 1 heterocycles. The van der Waals surface area contributed by atoms with Crippen molar-refractivity contribution in [2.75, 3.05) is 0 Å². The Kier molecular flexibility index (Phi) is 4.76. The Balaban J connectivity index is 2.16. The molecule has 0 amide bonds. The third-order valence-electron chi connectivity index (χ3n) is 5.19. The van der Waals surface area contributed by atoms with Crippen LogP contribution in [0.15, 0.2) is 66.7 Å². The Morgan fingerprint density at radius 2 is 1.36 bits per heavy atom. The van der Waals surface area contributed by atoms with Crippen molar-refractivity contribution in [2.45, 2.75) is 39.5 Å². The first-order valence-corrected chi connectivity index (χ1v) is 9.84. The molecule has 1 aromatic heterocycles. The molecule has 142 valence electrons. The zero-order chi connectivity index (χ0) is 19.8. The molecule has 0 aliphatic carbocycles. The van der Waals surface area contributed by atoms with Gasteiger partial charge in [-0.2, -0.15) is 0 Å². The van der Waals surface area contributed by atoms with Gasteiger partial charge in [0.05, 0.1) is 16.7 Å². The van der Waals surface area contributed by atoms with Gasteiger partial charge in [-0.25, -0.2) is 9.37 Å². The van der Waals surface area contributed by atoms with Crippen LogP contribution in [0.4, 0.5) is 4.39 Å². The van der Waals surface area contributed by atoms with E-state index in [1.54, 1.807) is 12.1 Å². The van der Waals surface area contributed by atoms with Gasteiger partial charge in [0, 0.05) is 5.56 Å². The van der Waals surface area contributed by atoms with Crippen molar-refractivity contribution in [1.82, 2.24) is 9.55 Å². The zero-order valence-corrected chi connectivity index (χ0v) is 16.8. The van der Waals surface area contributed by atoms with Crippen LogP contribution in [-0.4, -0.2) is 9.55 Å². The van der Waals surface area contributed by atoms with E-state index in [2.05, 4.69) is 50.5 Å². The van der Waals surface area contributed by atoms with Gasteiger partial charge < -0.3 is 0 Å². The monoisotopic (exact) mass is 372 g/mol. The Labute approximate surface area is 165 Å². The lowest BCUT2D eigenvalue weighted by molar-refractivity contribution is 0.617. The van der Waals surface area contributed by atoms with E-state index in [4.69, 9.17) is 4.98 Å². The highest BCUT2D eigenvalue weighted by Crippen LogP contribution is 2.37. The number of aromatic nitrogens is 2. The molecular formula is C25H25FN2. The molecule has 0 radical (unpaired) electrons. The summed E-state index contributed by atoms with van der Waals surface area (Å²) in [4.78, 5) is 4.95. The smallest absolute Gasteiger partial charge is 0.145 e. The molecular weight excluding hydrogens is 347 g/mol. The maximum atomic E-state index is 14.5. The quantitative estimate of drug-likeness (QED) is 0.374. The van der Waals surface area contributed by atoms with E-state index in [0.29, 0.717) is 0 Å². The van der Waals surface area contributed by atoms with Gasteiger partial charge in [-0.1, -0.05) is 70.2 Å². The van der Waals surface area contributed by atoms with Gasteiger partial charge >= 0.3 is 0 Å². The molecule has 2 nitrogen and oxygen atoms in total. The number of hydrogen-bond acceptors (Lipinski definition) is 1. The van der Waals surface area contributed by atoms with Crippen LogP contribution in [0.3, 0.4) is 0 Å². The Morgan fingerprint density at radius 1 is 0.786 bits per heavy atom. The molecule has 0 saturated carbocycles. The SMILES string of the molecule is CC(C)c1cc(F)cc(C(C)C)c1-n1c(-c2ccccc2)nc2ccccc21. The van der Waals surface area contributed by atoms with E-state index < -0.39 is 0 Å². The summed E-state index contributed by atoms with van der Waals surface area (Å²) >= 11 is 0. The van der Waals surface area contributed by atoms with Crippen LogP contribution in [0.1, 0.15) is 50.7 Å². The van der Waals surface area contributed by atoms with E-state index >= 15 is 0 Å². The summed E-state index contributed by atoms with van der Waals surface area (Å²) < 4.78 is 16.7. The minimum atomic E-state index is -0.179. The molecule has 28 heavy (non-hydrogen) atoms. The van der Waals surface area contributed by atoms with Crippen LogP contribution in [0.5, 0.6) is 0 Å². The first-order valence-electron chi connectivity index (χ1n) is 9.84. The molecule has 0 saturated heterocycles. The number of halogens is 1. The van der Waals surface area contributed by atoms with Crippen molar-refractivity contribution in [3.8, 4) is 17.1 Å². The fourth-order valence-corrected chi connectivity index (χ4v) is 3.81. The van der Waals surface area contributed by atoms with Gasteiger partial charge in [0.15, 0.2) is 0 Å². The summed E-state index contributed by atoms with van der Waals surface area (Å²) in [5.41, 5.74) is 6.09. The second kappa shape index (κ2) is 7.23. The number of hydrogen-bond donors (Lipinski definition) is 0. The fraction of sp³-hybridized carbons (Fsp3) is 0.240. The number of fused-ring (bicyclic) bond motifs is 1. The summed E-state index contributed by atoms with van der Waals surface area (Å²) in [5, 5.41) is 0. The molecule has 0 N–H and O–H groups in total. The highest BCUT2D eigenvalue weighted by atomic mass is 19.1. The molecule has 0 bridgehead atoms. The van der Waals surface area contributed by atoms with Crippen molar-refractivity contribution in [2.24, 2.45) is 0 Å². The average molecular weight is 372 g/mol. The molecule has 0 atom stereocenters. The van der Waals surface area contributed by atoms with Crippen molar-refractivity contribution in [1.29, 1.82) is 0 Å². The summed E-state index contributed by atoms with van der Waals surface area (Å²) in [7, 11) is 0. The van der Waals surface area contributed by atoms with Gasteiger partial charge in [0.1, 0.15) is 11.6 Å². The van der Waals surface area contributed by atoms with Crippen molar-refractivity contribution < 1.29 is 4.39 Å². The Morgan fingerprint density at radius 3 is 1.96 bits per heavy atom. The molecule has 0 unspecified atom stereocenters. The molecule has 0 spiro atoms. The number of nitrogens with zero attached hydrogens (tertiary/aromatic N) is 2.